The maximum atomic E-state index is 12.0. The molecule has 0 rings (SSSR count). The van der Waals surface area contributed by atoms with Crippen molar-refractivity contribution >= 4 is 25.7 Å². The van der Waals surface area contributed by atoms with Crippen molar-refractivity contribution in [1.82, 2.24) is 0 Å². The number of nitriles is 1. The van der Waals surface area contributed by atoms with Gasteiger partial charge in [0.25, 0.3) is 0 Å². The average Bonchev–Trinajstić information content (AvgIpc) is 2.61. The minimum absolute atomic E-state index is 0.0000182. The molecule has 7 heteroatoms. The van der Waals surface area contributed by atoms with Gasteiger partial charge in [0.05, 0.1) is 18.7 Å². The number of Topliss-reactive ketones (excluding diaryl/α,β-unsaturated/α-hetero) is 1. The fraction of sp³-hybridized carbons (Fsp3) is 0.722. The molecule has 0 aliphatic rings. The van der Waals surface area contributed by atoms with Crippen LogP contribution < -0.4 is 5.73 Å². The Kier molecular flexibility index (Phi) is 8.73. The van der Waals surface area contributed by atoms with Crippen molar-refractivity contribution in [3.63, 3.8) is 0 Å². The van der Waals surface area contributed by atoms with E-state index in [0.29, 0.717) is 6.42 Å². The van der Waals surface area contributed by atoms with Gasteiger partial charge in [-0.25, -0.2) is 6.57 Å². The average molecular weight is 367 g/mol. The molecule has 0 aliphatic carbocycles. The van der Waals surface area contributed by atoms with Gasteiger partial charge >= 0.3 is 0 Å². The number of rotatable bonds is 12. The summed E-state index contributed by atoms with van der Waals surface area (Å²) < 4.78 is 7.49. The molecule has 0 aromatic heterocycles. The normalized spacial score (nSPS) is 18.4. The summed E-state index contributed by atoms with van der Waals surface area (Å²) in [6, 6.07) is 2.12. The Morgan fingerprint density at radius 3 is 2.36 bits per heavy atom. The molecule has 0 bridgehead atoms. The van der Waals surface area contributed by atoms with E-state index in [2.05, 4.69) is 10.9 Å². The van der Waals surface area contributed by atoms with Gasteiger partial charge in [-0.05, 0) is 20.0 Å². The predicted molar refractivity (Wildman–Crippen MR) is 99.0 cm³/mol. The van der Waals surface area contributed by atoms with Crippen molar-refractivity contribution in [2.24, 2.45) is 17.1 Å². The van der Waals surface area contributed by atoms with Crippen LogP contribution in [-0.4, -0.2) is 30.7 Å². The second-order valence-corrected chi connectivity index (χ2v) is 7.75. The summed E-state index contributed by atoms with van der Waals surface area (Å²) in [5, 5.41) is 9.63. The molecular weight excluding hydrogens is 337 g/mol. The van der Waals surface area contributed by atoms with Crippen molar-refractivity contribution in [3.05, 3.63) is 11.4 Å². The third-order valence-electron chi connectivity index (χ3n) is 4.73. The van der Waals surface area contributed by atoms with Crippen LogP contribution in [0.15, 0.2) is 0 Å². The number of ketones is 1. The molecule has 6 nitrogen and oxygen atoms in total. The van der Waals surface area contributed by atoms with Gasteiger partial charge in [-0.15, -0.1) is 0 Å². The summed E-state index contributed by atoms with van der Waals surface area (Å²) in [5.41, 5.74) is 3.14. The lowest BCUT2D eigenvalue weighted by molar-refractivity contribution is -0.126. The Morgan fingerprint density at radius 1 is 1.36 bits per heavy atom. The first-order valence-corrected chi connectivity index (χ1v) is 9.65. The van der Waals surface area contributed by atoms with Crippen molar-refractivity contribution < 1.29 is 14.4 Å². The SMILES string of the molecule is [3H]P(C)C(=O)CCC(C)(CC(C(N)=O)C(C)(C#N)CCC(=O)CC)[N+]#[C-]. The number of primary amides is 1. The standard InChI is InChI=1S/C18H28N3O3P/c1-6-13(22)7-9-17(2,12-19)14(16(20)24)11-18(3,21-4)10-8-15(23)25-5/h14,25H,6-11H2,1-3,5H3,(H2,20,24)/i25T. The third kappa shape index (κ3) is 7.32. The van der Waals surface area contributed by atoms with Crippen LogP contribution in [0.4, 0.5) is 0 Å². The van der Waals surface area contributed by atoms with E-state index in [0.717, 1.165) is 0 Å². The van der Waals surface area contributed by atoms with Crippen molar-refractivity contribution in [2.75, 3.05) is 6.66 Å². The summed E-state index contributed by atoms with van der Waals surface area (Å²) in [4.78, 5) is 39.0. The molecule has 0 saturated heterocycles. The van der Waals surface area contributed by atoms with E-state index in [4.69, 9.17) is 13.6 Å². The second-order valence-electron chi connectivity index (χ2n) is 6.81. The van der Waals surface area contributed by atoms with Crippen LogP contribution in [0.3, 0.4) is 0 Å². The topological polar surface area (TPSA) is 105 Å². The van der Waals surface area contributed by atoms with Gasteiger partial charge in [0.2, 0.25) is 11.4 Å². The number of nitrogens with two attached hydrogens (primary N) is 1. The minimum Gasteiger partial charge on any atom is -0.369 e. The molecule has 1 amide bonds. The number of hydrogen-bond acceptors (Lipinski definition) is 4. The van der Waals surface area contributed by atoms with Gasteiger partial charge in [-0.1, -0.05) is 15.4 Å². The first-order valence-electron chi connectivity index (χ1n) is 8.75. The fourth-order valence-electron chi connectivity index (χ4n) is 2.66. The zero-order chi connectivity index (χ0) is 20.5. The van der Waals surface area contributed by atoms with E-state index in [-0.39, 0.29) is 43.4 Å². The number of nitrogens with zero attached hydrogens (tertiary/aromatic N) is 2. The molecule has 4 atom stereocenters. The lowest BCUT2D eigenvalue weighted by atomic mass is 9.68. The molecule has 0 radical (unpaired) electrons. The first kappa shape index (κ1) is 21.3. The lowest BCUT2D eigenvalue weighted by Gasteiger charge is -2.32. The van der Waals surface area contributed by atoms with Crippen LogP contribution in [0, 0.1) is 29.2 Å². The Bertz CT molecular complexity index is 626. The van der Waals surface area contributed by atoms with Gasteiger partial charge in [-0.3, -0.25) is 14.4 Å². The summed E-state index contributed by atoms with van der Waals surface area (Å²) in [5.74, 6) is -1.58. The van der Waals surface area contributed by atoms with Crippen molar-refractivity contribution in [3.8, 4) is 6.07 Å². The molecule has 138 valence electrons. The van der Waals surface area contributed by atoms with E-state index >= 15 is 0 Å². The molecular formula is C18H28N3O3P. The molecule has 0 spiro atoms. The van der Waals surface area contributed by atoms with Gasteiger partial charge in [0.15, 0.2) is 5.52 Å². The fourth-order valence-corrected chi connectivity index (χ4v) is 2.99. The maximum Gasteiger partial charge on any atom is 0.231 e. The number of carbonyl (C=O) groups is 3. The van der Waals surface area contributed by atoms with Gasteiger partial charge in [0.1, 0.15) is 5.78 Å². The van der Waals surface area contributed by atoms with Crippen molar-refractivity contribution in [1.29, 1.82) is 6.54 Å². The first-order chi connectivity index (χ1) is 11.9. The summed E-state index contributed by atoms with van der Waals surface area (Å²) in [6.07, 6.45) is 1.08. The molecule has 2 N–H and O–H groups in total. The quantitative estimate of drug-likeness (QED) is 0.423. The van der Waals surface area contributed by atoms with Crippen LogP contribution in [0.2, 0.25) is 0 Å². The van der Waals surface area contributed by atoms with E-state index in [9.17, 15) is 19.6 Å². The molecule has 4 unspecified atom stereocenters. The molecule has 0 aromatic rings. The third-order valence-corrected chi connectivity index (χ3v) is 5.45. The van der Waals surface area contributed by atoms with E-state index in [1.54, 1.807) is 20.8 Å². The predicted octanol–water partition coefficient (Wildman–Crippen LogP) is 3.06. The van der Waals surface area contributed by atoms with Gasteiger partial charge in [0, 0.05) is 39.0 Å². The van der Waals surface area contributed by atoms with E-state index in [1.165, 1.54) is 6.66 Å². The number of hydrogen-bond donors (Lipinski definition) is 1. The highest BCUT2D eigenvalue weighted by molar-refractivity contribution is 7.57. The highest BCUT2D eigenvalue weighted by atomic mass is 31.1. The Balaban J connectivity index is 5.41. The largest absolute Gasteiger partial charge is 0.369 e. The summed E-state index contributed by atoms with van der Waals surface area (Å²) in [7, 11) is -1.47. The van der Waals surface area contributed by atoms with Crippen LogP contribution >= 0.6 is 8.53 Å². The molecule has 0 saturated carbocycles. The smallest absolute Gasteiger partial charge is 0.231 e. The minimum atomic E-state index is -1.47. The Morgan fingerprint density at radius 2 is 1.96 bits per heavy atom. The second kappa shape index (κ2) is 10.3. The number of amides is 1. The highest BCUT2D eigenvalue weighted by Crippen LogP contribution is 2.40. The molecule has 25 heavy (non-hydrogen) atoms. The molecule has 0 aromatic carbocycles. The maximum absolute atomic E-state index is 12.0. The zero-order valence-corrected chi connectivity index (χ0v) is 16.4. The Hall–Kier alpha value is -1.78. The highest BCUT2D eigenvalue weighted by Gasteiger charge is 2.45. The van der Waals surface area contributed by atoms with Crippen LogP contribution in [-0.2, 0) is 14.4 Å². The van der Waals surface area contributed by atoms with E-state index in [1.807, 2.05) is 0 Å². The Labute approximate surface area is 153 Å². The van der Waals surface area contributed by atoms with Gasteiger partial charge < -0.3 is 10.6 Å². The van der Waals surface area contributed by atoms with Gasteiger partial charge in [-0.2, -0.15) is 5.26 Å². The van der Waals surface area contributed by atoms with Crippen LogP contribution in [0.5, 0.6) is 0 Å². The zero-order valence-electron chi connectivity index (χ0n) is 16.5. The van der Waals surface area contributed by atoms with Crippen LogP contribution in [0.1, 0.15) is 59.3 Å². The number of carbonyl (C=O) groups excluding carboxylic acids is 3. The van der Waals surface area contributed by atoms with Crippen molar-refractivity contribution in [2.45, 2.75) is 64.8 Å². The monoisotopic (exact) mass is 367 g/mol. The molecule has 0 aliphatic heterocycles. The van der Waals surface area contributed by atoms with E-state index < -0.39 is 31.3 Å². The molecule has 0 fully saturated rings. The summed E-state index contributed by atoms with van der Waals surface area (Å²) >= 11 is 0. The lowest BCUT2D eigenvalue weighted by Crippen LogP contribution is -2.41. The molecule has 0 heterocycles. The summed E-state index contributed by atoms with van der Waals surface area (Å²) in [6.45, 7) is 14.0. The van der Waals surface area contributed by atoms with Crippen LogP contribution in [0.25, 0.3) is 4.85 Å².